The highest BCUT2D eigenvalue weighted by Gasteiger charge is 2.17. The average molecular weight is 536 g/mol. The van der Waals surface area contributed by atoms with Gasteiger partial charge in [0.1, 0.15) is 0 Å². The van der Waals surface area contributed by atoms with Gasteiger partial charge in [-0.25, -0.2) is 0 Å². The third-order valence-electron chi connectivity index (χ3n) is 7.49. The summed E-state index contributed by atoms with van der Waals surface area (Å²) >= 11 is 0. The first-order valence-corrected chi connectivity index (χ1v) is 16.6. The van der Waals surface area contributed by atoms with Gasteiger partial charge in [0, 0.05) is 6.42 Å². The van der Waals surface area contributed by atoms with Crippen LogP contribution in [0.4, 0.5) is 0 Å². The number of carbonyl (C=O) groups excluding carboxylic acids is 1. The number of amides is 1. The van der Waals surface area contributed by atoms with E-state index < -0.39 is 12.1 Å². The lowest BCUT2D eigenvalue weighted by molar-refractivity contribution is -0.123. The van der Waals surface area contributed by atoms with E-state index in [0.717, 1.165) is 19.3 Å². The molecular weight excluding hydrogens is 470 g/mol. The summed E-state index contributed by atoms with van der Waals surface area (Å²) in [7, 11) is 0. The SMILES string of the molecule is CCCCCCCC/C=C/C=C/[C@@H](O)[C@H](CO)NC(=O)CCCCCCCCCCCCCCCCCC. The van der Waals surface area contributed by atoms with Crippen molar-refractivity contribution in [2.75, 3.05) is 6.61 Å². The summed E-state index contributed by atoms with van der Waals surface area (Å²) in [5.74, 6) is -0.0829. The number of nitrogens with one attached hydrogen (secondary N) is 1. The van der Waals surface area contributed by atoms with Crippen LogP contribution in [0, 0.1) is 0 Å². The minimum atomic E-state index is -0.881. The molecule has 4 nitrogen and oxygen atoms in total. The van der Waals surface area contributed by atoms with Gasteiger partial charge in [0.15, 0.2) is 0 Å². The highest BCUT2D eigenvalue weighted by Crippen LogP contribution is 2.14. The van der Waals surface area contributed by atoms with E-state index in [0.29, 0.717) is 6.42 Å². The molecule has 0 saturated carbocycles. The Labute approximate surface area is 237 Å². The summed E-state index contributed by atoms with van der Waals surface area (Å²) in [4.78, 5) is 12.2. The van der Waals surface area contributed by atoms with E-state index in [2.05, 4.69) is 25.2 Å². The van der Waals surface area contributed by atoms with Gasteiger partial charge in [0.05, 0.1) is 18.8 Å². The average Bonchev–Trinajstić information content (AvgIpc) is 2.92. The monoisotopic (exact) mass is 535 g/mol. The van der Waals surface area contributed by atoms with Crippen molar-refractivity contribution in [3.8, 4) is 0 Å². The van der Waals surface area contributed by atoms with Crippen LogP contribution in [0.25, 0.3) is 0 Å². The van der Waals surface area contributed by atoms with Crippen LogP contribution < -0.4 is 5.32 Å². The summed E-state index contributed by atoms with van der Waals surface area (Å²) < 4.78 is 0. The maximum Gasteiger partial charge on any atom is 0.220 e. The number of unbranched alkanes of at least 4 members (excludes halogenated alkanes) is 21. The van der Waals surface area contributed by atoms with Crippen molar-refractivity contribution in [2.24, 2.45) is 0 Å². The molecule has 0 bridgehead atoms. The molecule has 0 saturated heterocycles. The van der Waals surface area contributed by atoms with Crippen LogP contribution in [0.15, 0.2) is 24.3 Å². The molecule has 1 amide bonds. The van der Waals surface area contributed by atoms with Crippen molar-refractivity contribution < 1.29 is 15.0 Å². The molecule has 0 heterocycles. The molecule has 0 aliphatic rings. The first kappa shape index (κ1) is 36.9. The number of hydrogen-bond acceptors (Lipinski definition) is 3. The number of carbonyl (C=O) groups is 1. The summed E-state index contributed by atoms with van der Waals surface area (Å²) in [6.45, 7) is 4.24. The second-order valence-electron chi connectivity index (χ2n) is 11.3. The van der Waals surface area contributed by atoms with Gasteiger partial charge in [-0.15, -0.1) is 0 Å². The lowest BCUT2D eigenvalue weighted by Crippen LogP contribution is -2.45. The van der Waals surface area contributed by atoms with Crippen LogP contribution in [0.1, 0.15) is 168 Å². The normalized spacial score (nSPS) is 13.5. The Morgan fingerprint density at radius 2 is 1.05 bits per heavy atom. The number of rotatable bonds is 29. The molecule has 4 heteroatoms. The topological polar surface area (TPSA) is 69.6 Å². The van der Waals surface area contributed by atoms with Crippen molar-refractivity contribution in [1.82, 2.24) is 5.32 Å². The zero-order valence-electron chi connectivity index (χ0n) is 25.4. The molecule has 0 radical (unpaired) electrons. The van der Waals surface area contributed by atoms with Crippen molar-refractivity contribution in [3.05, 3.63) is 24.3 Å². The molecule has 0 unspecified atom stereocenters. The smallest absolute Gasteiger partial charge is 0.220 e. The van der Waals surface area contributed by atoms with Gasteiger partial charge in [-0.1, -0.05) is 167 Å². The first-order valence-electron chi connectivity index (χ1n) is 16.6. The molecule has 0 aromatic rings. The van der Waals surface area contributed by atoms with Crippen molar-refractivity contribution >= 4 is 5.91 Å². The maximum absolute atomic E-state index is 12.2. The van der Waals surface area contributed by atoms with Gasteiger partial charge in [-0.05, 0) is 19.3 Å². The maximum atomic E-state index is 12.2. The van der Waals surface area contributed by atoms with Crippen LogP contribution in [-0.2, 0) is 4.79 Å². The summed E-state index contributed by atoms with van der Waals surface area (Å²) in [5, 5.41) is 22.7. The number of hydrogen-bond donors (Lipinski definition) is 3. The highest BCUT2D eigenvalue weighted by molar-refractivity contribution is 5.76. The van der Waals surface area contributed by atoms with E-state index in [1.807, 2.05) is 12.2 Å². The van der Waals surface area contributed by atoms with E-state index in [4.69, 9.17) is 0 Å². The van der Waals surface area contributed by atoms with Crippen LogP contribution in [0.2, 0.25) is 0 Å². The summed E-state index contributed by atoms with van der Waals surface area (Å²) in [6, 6.07) is -0.647. The fourth-order valence-corrected chi connectivity index (χ4v) is 4.88. The van der Waals surface area contributed by atoms with Crippen LogP contribution >= 0.6 is 0 Å². The van der Waals surface area contributed by atoms with E-state index >= 15 is 0 Å². The van der Waals surface area contributed by atoms with Gasteiger partial charge in [-0.3, -0.25) is 4.79 Å². The van der Waals surface area contributed by atoms with Gasteiger partial charge in [-0.2, -0.15) is 0 Å². The van der Waals surface area contributed by atoms with Gasteiger partial charge >= 0.3 is 0 Å². The first-order chi connectivity index (χ1) is 18.7. The zero-order valence-corrected chi connectivity index (χ0v) is 25.4. The Balaban J connectivity index is 3.65. The minimum Gasteiger partial charge on any atom is -0.394 e. The second kappa shape index (κ2) is 30.4. The van der Waals surface area contributed by atoms with Gasteiger partial charge in [0.25, 0.3) is 0 Å². The Morgan fingerprint density at radius 3 is 1.50 bits per heavy atom. The van der Waals surface area contributed by atoms with Gasteiger partial charge < -0.3 is 15.5 Å². The van der Waals surface area contributed by atoms with Crippen LogP contribution in [0.3, 0.4) is 0 Å². The molecule has 0 aliphatic heterocycles. The fraction of sp³-hybridized carbons (Fsp3) is 0.853. The molecule has 3 N–H and O–H groups in total. The van der Waals surface area contributed by atoms with Crippen molar-refractivity contribution in [3.63, 3.8) is 0 Å². The highest BCUT2D eigenvalue weighted by atomic mass is 16.3. The largest absolute Gasteiger partial charge is 0.394 e. The number of aliphatic hydroxyl groups is 2. The molecule has 0 spiro atoms. The lowest BCUT2D eigenvalue weighted by Gasteiger charge is -2.19. The van der Waals surface area contributed by atoms with E-state index in [1.54, 1.807) is 6.08 Å². The molecule has 0 aromatic heterocycles. The van der Waals surface area contributed by atoms with E-state index in [1.165, 1.54) is 128 Å². The van der Waals surface area contributed by atoms with Crippen LogP contribution in [-0.4, -0.2) is 34.9 Å². The Bertz CT molecular complexity index is 546. The Morgan fingerprint density at radius 1 is 0.632 bits per heavy atom. The van der Waals surface area contributed by atoms with Crippen LogP contribution in [0.5, 0.6) is 0 Å². The molecule has 38 heavy (non-hydrogen) atoms. The molecule has 0 aliphatic carbocycles. The minimum absolute atomic E-state index is 0.0829. The third-order valence-corrected chi connectivity index (χ3v) is 7.49. The number of allylic oxidation sites excluding steroid dienone is 3. The van der Waals surface area contributed by atoms with Crippen molar-refractivity contribution in [2.45, 2.75) is 180 Å². The summed E-state index contributed by atoms with van der Waals surface area (Å²) in [6.07, 6.45) is 36.9. The predicted octanol–water partition coefficient (Wildman–Crippen LogP) is 9.34. The standard InChI is InChI=1S/C34H65NO3/c1-3-5-7-9-11-13-15-16-17-18-19-20-22-24-26-28-30-34(38)35-32(31-36)33(37)29-27-25-23-21-14-12-10-8-6-4-2/h23,25,27,29,32-33,36-37H,3-22,24,26,28,30-31H2,1-2H3,(H,35,38)/b25-23+,29-27+/t32-,33+/m0/s1. The lowest BCUT2D eigenvalue weighted by atomic mass is 10.0. The molecule has 224 valence electrons. The number of aliphatic hydroxyl groups excluding tert-OH is 2. The quantitative estimate of drug-likeness (QED) is 0.0660. The molecule has 0 fully saturated rings. The van der Waals surface area contributed by atoms with Gasteiger partial charge in [0.2, 0.25) is 5.91 Å². The Kier molecular flexibility index (Phi) is 29.5. The van der Waals surface area contributed by atoms with E-state index in [9.17, 15) is 15.0 Å². The molecule has 0 rings (SSSR count). The fourth-order valence-electron chi connectivity index (χ4n) is 4.88. The Hall–Kier alpha value is -1.13. The zero-order chi connectivity index (χ0) is 27.9. The second-order valence-corrected chi connectivity index (χ2v) is 11.3. The third kappa shape index (κ3) is 26.5. The predicted molar refractivity (Wildman–Crippen MR) is 165 cm³/mol. The molecule has 2 atom stereocenters. The van der Waals surface area contributed by atoms with Crippen molar-refractivity contribution in [1.29, 1.82) is 0 Å². The molecule has 0 aromatic carbocycles. The molecular formula is C34H65NO3. The van der Waals surface area contributed by atoms with E-state index in [-0.39, 0.29) is 12.5 Å². The summed E-state index contributed by atoms with van der Waals surface area (Å²) in [5.41, 5.74) is 0.